The molecule has 26 heavy (non-hydrogen) atoms. The zero-order valence-electron chi connectivity index (χ0n) is 14.4. The average Bonchev–Trinajstić information content (AvgIpc) is 2.97. The number of alkyl halides is 2. The van der Waals surface area contributed by atoms with E-state index in [0.29, 0.717) is 31.4 Å². The fourth-order valence-electron chi connectivity index (χ4n) is 3.21. The Hall–Kier alpha value is -2.48. The highest BCUT2D eigenvalue weighted by molar-refractivity contribution is 5.92. The lowest BCUT2D eigenvalue weighted by Gasteiger charge is -2.29. The minimum atomic E-state index is -2.81. The van der Waals surface area contributed by atoms with E-state index in [-0.39, 0.29) is 17.3 Å². The van der Waals surface area contributed by atoms with Crippen LogP contribution in [0, 0.1) is 6.92 Å². The van der Waals surface area contributed by atoms with Crippen molar-refractivity contribution in [2.75, 3.05) is 0 Å². The maximum atomic E-state index is 12.4. The number of aryl methyl sites for hydroxylation is 1. The molecule has 2 unspecified atom stereocenters. The lowest BCUT2D eigenvalue weighted by molar-refractivity contribution is -0.170. The lowest BCUT2D eigenvalue weighted by Crippen LogP contribution is -2.41. The Kier molecular flexibility index (Phi) is 5.51. The number of benzene rings is 1. The molecular weight excluding hydrogens is 344 g/mol. The van der Waals surface area contributed by atoms with Gasteiger partial charge in [-0.15, -0.1) is 0 Å². The highest BCUT2D eigenvalue weighted by atomic mass is 19.3. The Morgan fingerprint density at radius 1 is 1.31 bits per heavy atom. The molecule has 1 aromatic heterocycles. The van der Waals surface area contributed by atoms with Crippen LogP contribution in [-0.2, 0) is 4.74 Å². The van der Waals surface area contributed by atoms with Crippen molar-refractivity contribution in [3.05, 3.63) is 51.9 Å². The Balaban J connectivity index is 1.68. The molecule has 1 heterocycles. The van der Waals surface area contributed by atoms with Crippen molar-refractivity contribution in [2.24, 2.45) is 0 Å². The molecule has 2 atom stereocenters. The van der Waals surface area contributed by atoms with E-state index in [0.717, 1.165) is 5.56 Å². The number of hydrogen-bond acceptors (Lipinski definition) is 3. The van der Waals surface area contributed by atoms with E-state index in [2.05, 4.69) is 15.2 Å². The van der Waals surface area contributed by atoms with Gasteiger partial charge >= 0.3 is 6.61 Å². The number of rotatable bonds is 5. The van der Waals surface area contributed by atoms with Crippen molar-refractivity contribution in [3.63, 3.8) is 0 Å². The summed E-state index contributed by atoms with van der Waals surface area (Å²) in [6.45, 7) is -0.871. The first-order valence-electron chi connectivity index (χ1n) is 8.56. The van der Waals surface area contributed by atoms with Crippen LogP contribution in [0.4, 0.5) is 8.78 Å². The highest BCUT2D eigenvalue weighted by Crippen LogP contribution is 2.23. The Labute approximate surface area is 149 Å². The van der Waals surface area contributed by atoms with Crippen LogP contribution in [0.1, 0.15) is 41.7 Å². The van der Waals surface area contributed by atoms with Gasteiger partial charge < -0.3 is 10.1 Å². The van der Waals surface area contributed by atoms with Crippen molar-refractivity contribution in [2.45, 2.75) is 51.4 Å². The molecule has 0 saturated heterocycles. The fourth-order valence-corrected chi connectivity index (χ4v) is 3.21. The van der Waals surface area contributed by atoms with Gasteiger partial charge in [-0.25, -0.2) is 4.68 Å². The summed E-state index contributed by atoms with van der Waals surface area (Å²) in [6.07, 6.45) is 1.71. The molecule has 140 valence electrons. The highest BCUT2D eigenvalue weighted by Gasteiger charge is 2.26. The number of carbonyl (C=O) groups is 1. The summed E-state index contributed by atoms with van der Waals surface area (Å²) < 4.78 is 30.6. The monoisotopic (exact) mass is 365 g/mol. The first-order valence-corrected chi connectivity index (χ1v) is 8.56. The van der Waals surface area contributed by atoms with Gasteiger partial charge in [-0.3, -0.25) is 14.7 Å². The van der Waals surface area contributed by atoms with E-state index in [1.807, 2.05) is 19.1 Å². The van der Waals surface area contributed by atoms with E-state index in [1.165, 1.54) is 10.7 Å². The molecule has 8 heteroatoms. The molecule has 1 amide bonds. The molecule has 2 aromatic rings. The number of ether oxygens (including phenoxy) is 1. The van der Waals surface area contributed by atoms with E-state index < -0.39 is 18.6 Å². The van der Waals surface area contributed by atoms with Crippen molar-refractivity contribution >= 4 is 5.91 Å². The third kappa shape index (κ3) is 4.37. The first-order chi connectivity index (χ1) is 12.4. The summed E-state index contributed by atoms with van der Waals surface area (Å²) in [5.74, 6) is -0.435. The predicted octanol–water partition coefficient (Wildman–Crippen LogP) is 2.75. The molecule has 1 aromatic carbocycles. The molecule has 1 fully saturated rings. The first kappa shape index (κ1) is 18.3. The number of aromatic amines is 1. The second-order valence-electron chi connectivity index (χ2n) is 6.53. The number of halogens is 2. The Morgan fingerprint density at radius 2 is 2.04 bits per heavy atom. The normalized spacial score (nSPS) is 20.3. The van der Waals surface area contributed by atoms with Crippen LogP contribution in [0.15, 0.2) is 35.1 Å². The molecule has 3 rings (SSSR count). The fraction of sp³-hybridized carbons (Fsp3) is 0.444. The van der Waals surface area contributed by atoms with Gasteiger partial charge in [0.25, 0.3) is 11.5 Å². The summed E-state index contributed by atoms with van der Waals surface area (Å²) in [5.41, 5.74) is 1.47. The zero-order chi connectivity index (χ0) is 18.7. The molecule has 0 radical (unpaired) electrons. The van der Waals surface area contributed by atoms with Crippen LogP contribution in [0.3, 0.4) is 0 Å². The van der Waals surface area contributed by atoms with Crippen LogP contribution in [-0.4, -0.2) is 34.4 Å². The zero-order valence-corrected chi connectivity index (χ0v) is 14.4. The lowest BCUT2D eigenvalue weighted by atomic mass is 9.93. The molecule has 2 N–H and O–H groups in total. The molecule has 1 aliphatic rings. The molecule has 0 aliphatic heterocycles. The minimum absolute atomic E-state index is 0.132. The molecule has 6 nitrogen and oxygen atoms in total. The average molecular weight is 365 g/mol. The van der Waals surface area contributed by atoms with Crippen molar-refractivity contribution in [1.82, 2.24) is 15.1 Å². The standard InChI is InChI=1S/C18H21F2N3O3/c1-11-5-7-13(8-6-11)23-16(24)10-15(22-23)17(25)21-12-3-2-4-14(9-12)26-18(19)20/h5-8,10,12,14,18,22H,2-4,9H2,1H3,(H,21,25). The van der Waals surface area contributed by atoms with E-state index in [9.17, 15) is 18.4 Å². The molecular formula is C18H21F2N3O3. The Bertz CT molecular complexity index is 814. The number of amides is 1. The molecule has 1 aliphatic carbocycles. The van der Waals surface area contributed by atoms with Crippen LogP contribution in [0.2, 0.25) is 0 Å². The maximum Gasteiger partial charge on any atom is 0.345 e. The summed E-state index contributed by atoms with van der Waals surface area (Å²) in [5, 5.41) is 5.58. The number of aromatic nitrogens is 2. The van der Waals surface area contributed by atoms with Gasteiger partial charge in [0.05, 0.1) is 11.8 Å². The van der Waals surface area contributed by atoms with Crippen LogP contribution >= 0.6 is 0 Å². The summed E-state index contributed by atoms with van der Waals surface area (Å²) in [4.78, 5) is 24.6. The van der Waals surface area contributed by atoms with Crippen LogP contribution in [0.5, 0.6) is 0 Å². The number of hydrogen-bond donors (Lipinski definition) is 2. The second kappa shape index (κ2) is 7.82. The van der Waals surface area contributed by atoms with Gasteiger partial charge in [-0.2, -0.15) is 8.78 Å². The van der Waals surface area contributed by atoms with Gasteiger partial charge in [0.1, 0.15) is 5.69 Å². The second-order valence-corrected chi connectivity index (χ2v) is 6.53. The largest absolute Gasteiger partial charge is 0.348 e. The molecule has 0 spiro atoms. The van der Waals surface area contributed by atoms with E-state index >= 15 is 0 Å². The van der Waals surface area contributed by atoms with Crippen molar-refractivity contribution < 1.29 is 18.3 Å². The maximum absolute atomic E-state index is 12.4. The minimum Gasteiger partial charge on any atom is -0.348 e. The van der Waals surface area contributed by atoms with Gasteiger partial charge in [-0.1, -0.05) is 17.7 Å². The summed E-state index contributed by atoms with van der Waals surface area (Å²) >= 11 is 0. The van der Waals surface area contributed by atoms with Gasteiger partial charge in [0, 0.05) is 12.1 Å². The van der Waals surface area contributed by atoms with Crippen LogP contribution in [0.25, 0.3) is 5.69 Å². The summed E-state index contributed by atoms with van der Waals surface area (Å²) in [6, 6.07) is 8.27. The smallest absolute Gasteiger partial charge is 0.345 e. The third-order valence-corrected chi connectivity index (χ3v) is 4.51. The topological polar surface area (TPSA) is 76.1 Å². The molecule has 1 saturated carbocycles. The number of nitrogens with zero attached hydrogens (tertiary/aromatic N) is 1. The van der Waals surface area contributed by atoms with E-state index in [4.69, 9.17) is 0 Å². The van der Waals surface area contributed by atoms with Gasteiger partial charge in [0.2, 0.25) is 0 Å². The van der Waals surface area contributed by atoms with Crippen molar-refractivity contribution in [1.29, 1.82) is 0 Å². The molecule has 0 bridgehead atoms. The number of nitrogens with one attached hydrogen (secondary N) is 2. The SMILES string of the molecule is Cc1ccc(-n2[nH]c(C(=O)NC3CCCC(OC(F)F)C3)cc2=O)cc1. The van der Waals surface area contributed by atoms with Gasteiger partial charge in [0.15, 0.2) is 0 Å². The third-order valence-electron chi connectivity index (χ3n) is 4.51. The predicted molar refractivity (Wildman–Crippen MR) is 91.7 cm³/mol. The Morgan fingerprint density at radius 3 is 2.73 bits per heavy atom. The van der Waals surface area contributed by atoms with Crippen LogP contribution < -0.4 is 10.9 Å². The number of H-pyrrole nitrogens is 1. The van der Waals surface area contributed by atoms with E-state index in [1.54, 1.807) is 12.1 Å². The quantitative estimate of drug-likeness (QED) is 0.855. The van der Waals surface area contributed by atoms with Crippen molar-refractivity contribution in [3.8, 4) is 5.69 Å². The summed E-state index contributed by atoms with van der Waals surface area (Å²) in [7, 11) is 0. The number of carbonyl (C=O) groups excluding carboxylic acids is 1. The van der Waals surface area contributed by atoms with Gasteiger partial charge in [-0.05, 0) is 44.7 Å².